The number of carbonyl (C=O) groups excluding carboxylic acids is 1. The zero-order valence-corrected chi connectivity index (χ0v) is 13.5. The van der Waals surface area contributed by atoms with Gasteiger partial charge in [0.25, 0.3) is 0 Å². The first-order valence-corrected chi connectivity index (χ1v) is 7.40. The summed E-state index contributed by atoms with van der Waals surface area (Å²) in [7, 11) is 0. The molecule has 0 spiro atoms. The number of rotatable bonds is 3. The van der Waals surface area contributed by atoms with Crippen LogP contribution in [0, 0.1) is 19.8 Å². The molecule has 1 fully saturated rings. The van der Waals surface area contributed by atoms with Crippen LogP contribution in [0.3, 0.4) is 0 Å². The average molecular weight is 274 g/mol. The molecule has 1 heterocycles. The second-order valence-electron chi connectivity index (χ2n) is 7.28. The number of ether oxygens (including phenoxy) is 1. The molecule has 0 aromatic heterocycles. The first-order chi connectivity index (χ1) is 9.11. The summed E-state index contributed by atoms with van der Waals surface area (Å²) < 4.78 is 6.03. The lowest BCUT2D eigenvalue weighted by atomic mass is 9.82. The van der Waals surface area contributed by atoms with Gasteiger partial charge in [-0.25, -0.2) is 0 Å². The lowest BCUT2D eigenvalue weighted by molar-refractivity contribution is -0.128. The molecule has 0 radical (unpaired) electrons. The van der Waals surface area contributed by atoms with E-state index in [4.69, 9.17) is 4.74 Å². The Morgan fingerprint density at radius 2 is 1.85 bits per heavy atom. The molecule has 2 heteroatoms. The standard InChI is InChI=1S/C18H26O2/c1-12-7-8-14(9-13(12)2)10-16(19)15-11-17(3,4)20-18(15,5)6/h7-9,15H,10-11H2,1-6H3. The molecule has 2 rings (SSSR count). The molecule has 20 heavy (non-hydrogen) atoms. The van der Waals surface area contributed by atoms with E-state index in [2.05, 4.69) is 45.9 Å². The largest absolute Gasteiger partial charge is 0.369 e. The van der Waals surface area contributed by atoms with Crippen molar-refractivity contribution in [1.82, 2.24) is 0 Å². The zero-order chi connectivity index (χ0) is 15.1. The van der Waals surface area contributed by atoms with Crippen molar-refractivity contribution >= 4 is 5.78 Å². The molecule has 110 valence electrons. The van der Waals surface area contributed by atoms with Gasteiger partial charge in [-0.15, -0.1) is 0 Å². The van der Waals surface area contributed by atoms with E-state index < -0.39 is 0 Å². The average Bonchev–Trinajstić information content (AvgIpc) is 2.52. The van der Waals surface area contributed by atoms with Gasteiger partial charge in [-0.3, -0.25) is 4.79 Å². The maximum atomic E-state index is 12.6. The van der Waals surface area contributed by atoms with Crippen LogP contribution in [0.15, 0.2) is 18.2 Å². The third kappa shape index (κ3) is 3.12. The first-order valence-electron chi connectivity index (χ1n) is 7.40. The van der Waals surface area contributed by atoms with E-state index in [-0.39, 0.29) is 17.1 Å². The van der Waals surface area contributed by atoms with Crippen LogP contribution < -0.4 is 0 Å². The van der Waals surface area contributed by atoms with Crippen LogP contribution in [0.2, 0.25) is 0 Å². The van der Waals surface area contributed by atoms with Gasteiger partial charge in [0.05, 0.1) is 11.2 Å². The number of hydrogen-bond donors (Lipinski definition) is 0. The van der Waals surface area contributed by atoms with E-state index in [1.54, 1.807) is 0 Å². The summed E-state index contributed by atoms with van der Waals surface area (Å²) >= 11 is 0. The molecule has 1 aliphatic heterocycles. The molecule has 0 N–H and O–H groups in total. The summed E-state index contributed by atoms with van der Waals surface area (Å²) in [5, 5.41) is 0. The third-order valence-corrected chi connectivity index (χ3v) is 4.41. The van der Waals surface area contributed by atoms with Crippen LogP contribution in [0.1, 0.15) is 50.8 Å². The number of ketones is 1. The van der Waals surface area contributed by atoms with Gasteiger partial charge >= 0.3 is 0 Å². The summed E-state index contributed by atoms with van der Waals surface area (Å²) in [6.45, 7) is 12.4. The fraction of sp³-hybridized carbons (Fsp3) is 0.611. The Kier molecular flexibility index (Phi) is 3.81. The predicted molar refractivity (Wildman–Crippen MR) is 82.0 cm³/mol. The summed E-state index contributed by atoms with van der Waals surface area (Å²) in [4.78, 5) is 12.6. The molecule has 0 saturated carbocycles. The molecule has 1 aliphatic rings. The Balaban J connectivity index is 2.14. The smallest absolute Gasteiger partial charge is 0.143 e. The summed E-state index contributed by atoms with van der Waals surface area (Å²) in [5.74, 6) is 0.280. The van der Waals surface area contributed by atoms with Crippen LogP contribution in [0.4, 0.5) is 0 Å². The number of hydrogen-bond acceptors (Lipinski definition) is 2. The first kappa shape index (κ1) is 15.2. The third-order valence-electron chi connectivity index (χ3n) is 4.41. The van der Waals surface area contributed by atoms with Gasteiger partial charge in [-0.1, -0.05) is 18.2 Å². The lowest BCUT2D eigenvalue weighted by Crippen LogP contribution is -2.34. The monoisotopic (exact) mass is 274 g/mol. The summed E-state index contributed by atoms with van der Waals surface area (Å²) in [6, 6.07) is 6.29. The predicted octanol–water partition coefficient (Wildman–Crippen LogP) is 4.01. The van der Waals surface area contributed by atoms with Gasteiger partial charge < -0.3 is 4.74 Å². The van der Waals surface area contributed by atoms with E-state index in [1.807, 2.05) is 13.8 Å². The Labute approximate surface area is 122 Å². The van der Waals surface area contributed by atoms with Crippen molar-refractivity contribution in [2.45, 2.75) is 65.6 Å². The SMILES string of the molecule is Cc1ccc(CC(=O)C2CC(C)(C)OC2(C)C)cc1C. The normalized spacial score (nSPS) is 23.8. The van der Waals surface area contributed by atoms with Crippen LogP contribution in [-0.2, 0) is 16.0 Å². The van der Waals surface area contributed by atoms with Gasteiger partial charge in [0.2, 0.25) is 0 Å². The molecule has 0 aliphatic carbocycles. The van der Waals surface area contributed by atoms with Gasteiger partial charge in [0.15, 0.2) is 0 Å². The van der Waals surface area contributed by atoms with Gasteiger partial charge in [0.1, 0.15) is 5.78 Å². The minimum absolute atomic E-state index is 0.0147. The van der Waals surface area contributed by atoms with Crippen molar-refractivity contribution in [1.29, 1.82) is 0 Å². The molecule has 1 unspecified atom stereocenters. The Morgan fingerprint density at radius 3 is 2.35 bits per heavy atom. The molecule has 2 nitrogen and oxygen atoms in total. The Hall–Kier alpha value is -1.15. The molecular formula is C18H26O2. The fourth-order valence-electron chi connectivity index (χ4n) is 3.30. The molecule has 0 bridgehead atoms. The number of aryl methyl sites for hydroxylation is 2. The number of Topliss-reactive ketones (excluding diaryl/α,β-unsaturated/α-hetero) is 1. The van der Waals surface area contributed by atoms with Crippen molar-refractivity contribution in [3.05, 3.63) is 34.9 Å². The minimum atomic E-state index is -0.361. The van der Waals surface area contributed by atoms with Gasteiger partial charge in [-0.2, -0.15) is 0 Å². The fourth-order valence-corrected chi connectivity index (χ4v) is 3.30. The maximum Gasteiger partial charge on any atom is 0.143 e. The second-order valence-corrected chi connectivity index (χ2v) is 7.28. The highest BCUT2D eigenvalue weighted by molar-refractivity contribution is 5.84. The Morgan fingerprint density at radius 1 is 1.20 bits per heavy atom. The van der Waals surface area contributed by atoms with Crippen molar-refractivity contribution < 1.29 is 9.53 Å². The second kappa shape index (κ2) is 5.00. The highest BCUT2D eigenvalue weighted by Gasteiger charge is 2.48. The van der Waals surface area contributed by atoms with E-state index >= 15 is 0 Å². The van der Waals surface area contributed by atoms with Gasteiger partial charge in [-0.05, 0) is 64.7 Å². The van der Waals surface area contributed by atoms with Crippen LogP contribution in [0.25, 0.3) is 0 Å². The van der Waals surface area contributed by atoms with Gasteiger partial charge in [0, 0.05) is 12.3 Å². The molecule has 1 aromatic carbocycles. The topological polar surface area (TPSA) is 26.3 Å². The minimum Gasteiger partial charge on any atom is -0.369 e. The van der Waals surface area contributed by atoms with Crippen LogP contribution in [0.5, 0.6) is 0 Å². The van der Waals surface area contributed by atoms with Crippen LogP contribution in [-0.4, -0.2) is 17.0 Å². The van der Waals surface area contributed by atoms with E-state index in [0.717, 1.165) is 12.0 Å². The van der Waals surface area contributed by atoms with E-state index in [9.17, 15) is 4.79 Å². The van der Waals surface area contributed by atoms with Crippen molar-refractivity contribution in [2.75, 3.05) is 0 Å². The molecule has 1 aromatic rings. The summed E-state index contributed by atoms with van der Waals surface area (Å²) in [5.41, 5.74) is 3.07. The Bertz CT molecular complexity index is 526. The van der Waals surface area contributed by atoms with Crippen molar-refractivity contribution in [2.24, 2.45) is 5.92 Å². The van der Waals surface area contributed by atoms with Crippen molar-refractivity contribution in [3.63, 3.8) is 0 Å². The molecular weight excluding hydrogens is 248 g/mol. The quantitative estimate of drug-likeness (QED) is 0.832. The molecule has 1 saturated heterocycles. The maximum absolute atomic E-state index is 12.6. The van der Waals surface area contributed by atoms with E-state index in [0.29, 0.717) is 12.2 Å². The van der Waals surface area contributed by atoms with Crippen molar-refractivity contribution in [3.8, 4) is 0 Å². The van der Waals surface area contributed by atoms with Crippen LogP contribution >= 0.6 is 0 Å². The number of benzene rings is 1. The molecule has 1 atom stereocenters. The molecule has 0 amide bonds. The highest BCUT2D eigenvalue weighted by Crippen LogP contribution is 2.42. The van der Waals surface area contributed by atoms with E-state index in [1.165, 1.54) is 11.1 Å². The highest BCUT2D eigenvalue weighted by atomic mass is 16.5. The lowest BCUT2D eigenvalue weighted by Gasteiger charge is -2.26. The summed E-state index contributed by atoms with van der Waals surface area (Å²) in [6.07, 6.45) is 1.32. The number of carbonyl (C=O) groups is 1. The zero-order valence-electron chi connectivity index (χ0n) is 13.5.